The lowest BCUT2D eigenvalue weighted by Gasteiger charge is -2.36. The predicted molar refractivity (Wildman–Crippen MR) is 95.9 cm³/mol. The molecule has 1 fully saturated rings. The Bertz CT molecular complexity index is 216. The fourth-order valence-electron chi connectivity index (χ4n) is 4.02. The Kier molecular flexibility index (Phi) is 10.4. The van der Waals surface area contributed by atoms with Crippen LogP contribution in [0.2, 0.25) is 0 Å². The van der Waals surface area contributed by atoms with E-state index in [1.165, 1.54) is 96.4 Å². The van der Waals surface area contributed by atoms with Crippen molar-refractivity contribution in [1.82, 2.24) is 5.32 Å². The summed E-state index contributed by atoms with van der Waals surface area (Å²) in [5, 5.41) is 3.80. The van der Waals surface area contributed by atoms with E-state index in [1.807, 2.05) is 0 Å². The lowest BCUT2D eigenvalue weighted by Crippen LogP contribution is -2.39. The molecule has 126 valence electrons. The topological polar surface area (TPSA) is 12.0 Å². The molecule has 1 aliphatic rings. The first-order chi connectivity index (χ1) is 10.2. The molecule has 1 unspecified atom stereocenters. The Morgan fingerprint density at radius 1 is 0.810 bits per heavy atom. The van der Waals surface area contributed by atoms with Gasteiger partial charge in [0.1, 0.15) is 0 Å². The molecule has 1 heteroatoms. The molecule has 1 atom stereocenters. The summed E-state index contributed by atoms with van der Waals surface area (Å²) < 4.78 is 0. The van der Waals surface area contributed by atoms with E-state index in [0.717, 1.165) is 6.04 Å². The minimum atomic E-state index is 0.564. The Balaban J connectivity index is 2.31. The highest BCUT2D eigenvalue weighted by atomic mass is 15.0. The Hall–Kier alpha value is -0.0400. The molecule has 0 bridgehead atoms. The SMILES string of the molecule is CCCCCCCC(C)(CCCCCCC)C1CCCN1. The summed E-state index contributed by atoms with van der Waals surface area (Å²) in [6.07, 6.45) is 20.0. The third-order valence-electron chi connectivity index (χ3n) is 5.60. The zero-order chi connectivity index (χ0) is 15.4. The summed E-state index contributed by atoms with van der Waals surface area (Å²) >= 11 is 0. The first-order valence-corrected chi connectivity index (χ1v) is 9.96. The summed E-state index contributed by atoms with van der Waals surface area (Å²) in [7, 11) is 0. The molecule has 1 saturated heterocycles. The second kappa shape index (κ2) is 11.5. The van der Waals surface area contributed by atoms with E-state index in [0.29, 0.717) is 5.41 Å². The Labute approximate surface area is 134 Å². The quantitative estimate of drug-likeness (QED) is 0.384. The average molecular weight is 296 g/mol. The molecular weight excluding hydrogens is 254 g/mol. The third kappa shape index (κ3) is 7.68. The van der Waals surface area contributed by atoms with Crippen LogP contribution in [0.4, 0.5) is 0 Å². The van der Waals surface area contributed by atoms with Gasteiger partial charge in [0, 0.05) is 6.04 Å². The van der Waals surface area contributed by atoms with Crippen LogP contribution in [0.3, 0.4) is 0 Å². The molecule has 1 rings (SSSR count). The monoisotopic (exact) mass is 295 g/mol. The van der Waals surface area contributed by atoms with Crippen LogP contribution in [0, 0.1) is 5.41 Å². The lowest BCUT2D eigenvalue weighted by atomic mass is 9.73. The molecule has 1 aliphatic heterocycles. The van der Waals surface area contributed by atoms with Crippen LogP contribution in [0.15, 0.2) is 0 Å². The van der Waals surface area contributed by atoms with Gasteiger partial charge in [0.25, 0.3) is 0 Å². The standard InChI is InChI=1S/C20H41N/c1-4-6-8-10-12-16-20(3,19-15-14-18-21-19)17-13-11-9-7-5-2/h19,21H,4-18H2,1-3H3. The summed E-state index contributed by atoms with van der Waals surface area (Å²) in [4.78, 5) is 0. The molecule has 0 aromatic rings. The highest BCUT2D eigenvalue weighted by Gasteiger charge is 2.34. The maximum Gasteiger partial charge on any atom is 0.0121 e. The van der Waals surface area contributed by atoms with Crippen LogP contribution < -0.4 is 5.32 Å². The molecule has 0 radical (unpaired) electrons. The fraction of sp³-hybridized carbons (Fsp3) is 1.00. The van der Waals surface area contributed by atoms with Gasteiger partial charge in [-0.05, 0) is 37.6 Å². The third-order valence-corrected chi connectivity index (χ3v) is 5.60. The minimum absolute atomic E-state index is 0.564. The number of rotatable bonds is 13. The molecule has 1 nitrogen and oxygen atoms in total. The van der Waals surface area contributed by atoms with Gasteiger partial charge in [-0.3, -0.25) is 0 Å². The maximum absolute atomic E-state index is 3.80. The van der Waals surface area contributed by atoms with Crippen molar-refractivity contribution in [2.24, 2.45) is 5.41 Å². The van der Waals surface area contributed by atoms with Crippen molar-refractivity contribution in [1.29, 1.82) is 0 Å². The van der Waals surface area contributed by atoms with E-state index in [-0.39, 0.29) is 0 Å². The normalized spacial score (nSPS) is 19.3. The smallest absolute Gasteiger partial charge is 0.0121 e. The van der Waals surface area contributed by atoms with Crippen LogP contribution in [0.1, 0.15) is 111 Å². The minimum Gasteiger partial charge on any atom is -0.313 e. The second-order valence-corrected chi connectivity index (χ2v) is 7.63. The van der Waals surface area contributed by atoms with E-state index in [9.17, 15) is 0 Å². The van der Waals surface area contributed by atoms with Crippen molar-refractivity contribution in [3.8, 4) is 0 Å². The molecule has 0 aromatic heterocycles. The van der Waals surface area contributed by atoms with E-state index >= 15 is 0 Å². The van der Waals surface area contributed by atoms with Gasteiger partial charge in [-0.2, -0.15) is 0 Å². The summed E-state index contributed by atoms with van der Waals surface area (Å²) in [6.45, 7) is 8.45. The van der Waals surface area contributed by atoms with Gasteiger partial charge < -0.3 is 5.32 Å². The zero-order valence-corrected chi connectivity index (χ0v) is 15.2. The van der Waals surface area contributed by atoms with Crippen molar-refractivity contribution in [2.45, 2.75) is 117 Å². The number of hydrogen-bond acceptors (Lipinski definition) is 1. The number of hydrogen-bond donors (Lipinski definition) is 1. The fourth-order valence-corrected chi connectivity index (χ4v) is 4.02. The Morgan fingerprint density at radius 2 is 1.33 bits per heavy atom. The molecule has 1 heterocycles. The summed E-state index contributed by atoms with van der Waals surface area (Å²) in [5.74, 6) is 0. The van der Waals surface area contributed by atoms with E-state index < -0.39 is 0 Å². The first-order valence-electron chi connectivity index (χ1n) is 9.96. The van der Waals surface area contributed by atoms with Crippen LogP contribution in [0.25, 0.3) is 0 Å². The van der Waals surface area contributed by atoms with Crippen molar-refractivity contribution in [3.05, 3.63) is 0 Å². The van der Waals surface area contributed by atoms with Gasteiger partial charge >= 0.3 is 0 Å². The Morgan fingerprint density at radius 3 is 1.76 bits per heavy atom. The van der Waals surface area contributed by atoms with Gasteiger partial charge in [0.2, 0.25) is 0 Å². The molecule has 0 amide bonds. The molecule has 0 saturated carbocycles. The summed E-state index contributed by atoms with van der Waals surface area (Å²) in [6, 6.07) is 0.801. The van der Waals surface area contributed by atoms with E-state index in [1.54, 1.807) is 0 Å². The predicted octanol–water partition coefficient (Wildman–Crippen LogP) is 6.47. The highest BCUT2D eigenvalue weighted by molar-refractivity contribution is 4.91. The number of unbranched alkanes of at least 4 members (excludes halogenated alkanes) is 8. The molecule has 0 spiro atoms. The van der Waals surface area contributed by atoms with Gasteiger partial charge in [-0.15, -0.1) is 0 Å². The average Bonchev–Trinajstić information content (AvgIpc) is 3.02. The second-order valence-electron chi connectivity index (χ2n) is 7.63. The first kappa shape index (κ1) is 19.0. The lowest BCUT2D eigenvalue weighted by molar-refractivity contribution is 0.182. The van der Waals surface area contributed by atoms with E-state index in [4.69, 9.17) is 0 Å². The van der Waals surface area contributed by atoms with Crippen LogP contribution in [-0.4, -0.2) is 12.6 Å². The molecule has 1 N–H and O–H groups in total. The zero-order valence-electron chi connectivity index (χ0n) is 15.2. The van der Waals surface area contributed by atoms with Crippen molar-refractivity contribution in [3.63, 3.8) is 0 Å². The van der Waals surface area contributed by atoms with Gasteiger partial charge in [-0.1, -0.05) is 85.0 Å². The van der Waals surface area contributed by atoms with Gasteiger partial charge in [0.15, 0.2) is 0 Å². The molecule has 0 aliphatic carbocycles. The van der Waals surface area contributed by atoms with E-state index in [2.05, 4.69) is 26.1 Å². The van der Waals surface area contributed by atoms with Crippen LogP contribution >= 0.6 is 0 Å². The number of nitrogens with one attached hydrogen (secondary N) is 1. The molecular formula is C20H41N. The van der Waals surface area contributed by atoms with Crippen LogP contribution in [-0.2, 0) is 0 Å². The highest BCUT2D eigenvalue weighted by Crippen LogP contribution is 2.38. The van der Waals surface area contributed by atoms with Gasteiger partial charge in [-0.25, -0.2) is 0 Å². The maximum atomic E-state index is 3.80. The van der Waals surface area contributed by atoms with Gasteiger partial charge in [0.05, 0.1) is 0 Å². The van der Waals surface area contributed by atoms with Crippen LogP contribution in [0.5, 0.6) is 0 Å². The summed E-state index contributed by atoms with van der Waals surface area (Å²) in [5.41, 5.74) is 0.564. The van der Waals surface area contributed by atoms with Crippen molar-refractivity contribution >= 4 is 0 Å². The molecule has 0 aromatic carbocycles. The molecule has 21 heavy (non-hydrogen) atoms. The van der Waals surface area contributed by atoms with Crippen molar-refractivity contribution in [2.75, 3.05) is 6.54 Å². The largest absolute Gasteiger partial charge is 0.313 e. The van der Waals surface area contributed by atoms with Crippen molar-refractivity contribution < 1.29 is 0 Å².